The number of fused-ring (bicyclic) bond motifs is 1. The second-order valence-electron chi connectivity index (χ2n) is 5.58. The molecule has 2 aromatic rings. The molecule has 1 amide bonds. The Kier molecular flexibility index (Phi) is 4.32. The number of pyridine rings is 1. The van der Waals surface area contributed by atoms with Gasteiger partial charge in [0.25, 0.3) is 5.56 Å². The highest BCUT2D eigenvalue weighted by molar-refractivity contribution is 5.67. The Morgan fingerprint density at radius 2 is 1.96 bits per heavy atom. The Labute approximate surface area is 133 Å². The Balaban J connectivity index is 1.62. The number of nitrogens with zero attached hydrogens (tertiary/aromatic N) is 1. The zero-order chi connectivity index (χ0) is 16.2. The first-order valence-corrected chi connectivity index (χ1v) is 7.59. The molecule has 0 fully saturated rings. The van der Waals surface area contributed by atoms with Crippen molar-refractivity contribution in [3.8, 4) is 0 Å². The number of aromatic amines is 1. The summed E-state index contributed by atoms with van der Waals surface area (Å²) in [6.45, 7) is 1.32. The lowest BCUT2D eigenvalue weighted by molar-refractivity contribution is 0.0977. The largest absolute Gasteiger partial charge is 0.445 e. The van der Waals surface area contributed by atoms with Gasteiger partial charge in [0.05, 0.1) is 5.69 Å². The zero-order valence-corrected chi connectivity index (χ0v) is 12.7. The minimum absolute atomic E-state index is 0.212. The van der Waals surface area contributed by atoms with Crippen LogP contribution in [-0.2, 0) is 24.2 Å². The fourth-order valence-electron chi connectivity index (χ4n) is 2.68. The van der Waals surface area contributed by atoms with Gasteiger partial charge in [-0.05, 0) is 23.6 Å². The molecule has 0 unspecified atom stereocenters. The van der Waals surface area contributed by atoms with Crippen LogP contribution in [0, 0.1) is 0 Å². The number of nitrogens with two attached hydrogens (primary N) is 1. The van der Waals surface area contributed by atoms with Gasteiger partial charge < -0.3 is 20.4 Å². The highest BCUT2D eigenvalue weighted by Crippen LogP contribution is 2.15. The van der Waals surface area contributed by atoms with Crippen LogP contribution in [0.4, 0.5) is 10.5 Å². The lowest BCUT2D eigenvalue weighted by Crippen LogP contribution is -2.33. The quantitative estimate of drug-likeness (QED) is 0.883. The number of rotatable bonds is 2. The molecule has 2 heterocycles. The third kappa shape index (κ3) is 3.53. The molecule has 23 heavy (non-hydrogen) atoms. The summed E-state index contributed by atoms with van der Waals surface area (Å²) in [6, 6.07) is 11.3. The minimum atomic E-state index is -0.336. The molecule has 1 aliphatic heterocycles. The summed E-state index contributed by atoms with van der Waals surface area (Å²) in [4.78, 5) is 28.3. The number of nitrogen functional groups attached to an aromatic ring is 1. The van der Waals surface area contributed by atoms with Crippen molar-refractivity contribution >= 4 is 11.8 Å². The maximum absolute atomic E-state index is 12.2. The van der Waals surface area contributed by atoms with Crippen molar-refractivity contribution in [2.24, 2.45) is 0 Å². The van der Waals surface area contributed by atoms with Crippen LogP contribution in [0.1, 0.15) is 16.8 Å². The van der Waals surface area contributed by atoms with E-state index in [-0.39, 0.29) is 23.9 Å². The minimum Gasteiger partial charge on any atom is -0.445 e. The number of carbonyl (C=O) groups excluding carboxylic acids is 1. The predicted octanol–water partition coefficient (Wildman–Crippen LogP) is 1.69. The molecule has 0 radical (unpaired) electrons. The molecule has 120 valence electrons. The normalized spacial score (nSPS) is 14.0. The average molecular weight is 313 g/mol. The number of anilines is 1. The molecule has 0 saturated carbocycles. The van der Waals surface area contributed by atoms with Crippen molar-refractivity contribution in [1.29, 1.82) is 0 Å². The van der Waals surface area contributed by atoms with Crippen molar-refractivity contribution in [3.05, 3.63) is 63.6 Å². The number of benzene rings is 1. The van der Waals surface area contributed by atoms with Crippen molar-refractivity contribution in [1.82, 2.24) is 9.88 Å². The number of nitrogens with one attached hydrogen (secondary N) is 1. The summed E-state index contributed by atoms with van der Waals surface area (Å²) >= 11 is 0. The monoisotopic (exact) mass is 313 g/mol. The molecular weight excluding hydrogens is 294 g/mol. The summed E-state index contributed by atoms with van der Waals surface area (Å²) in [5, 5.41) is 0. The van der Waals surface area contributed by atoms with Gasteiger partial charge >= 0.3 is 6.09 Å². The van der Waals surface area contributed by atoms with Crippen molar-refractivity contribution in [3.63, 3.8) is 0 Å². The fraction of sp³-hybridized carbons (Fsp3) is 0.294. The summed E-state index contributed by atoms with van der Waals surface area (Å²) in [5.41, 5.74) is 8.38. The molecular formula is C17H19N3O3. The van der Waals surface area contributed by atoms with E-state index >= 15 is 0 Å². The van der Waals surface area contributed by atoms with Gasteiger partial charge in [-0.3, -0.25) is 4.79 Å². The molecule has 0 aliphatic carbocycles. The van der Waals surface area contributed by atoms with Gasteiger partial charge in [0, 0.05) is 25.2 Å². The van der Waals surface area contributed by atoms with Crippen molar-refractivity contribution in [2.75, 3.05) is 18.8 Å². The second-order valence-corrected chi connectivity index (χ2v) is 5.58. The lowest BCUT2D eigenvalue weighted by atomic mass is 10.1. The van der Waals surface area contributed by atoms with Crippen LogP contribution in [0.25, 0.3) is 0 Å². The number of amides is 1. The topological polar surface area (TPSA) is 88.4 Å². The van der Waals surface area contributed by atoms with Gasteiger partial charge in [-0.1, -0.05) is 30.3 Å². The molecule has 6 heteroatoms. The first-order valence-electron chi connectivity index (χ1n) is 7.59. The summed E-state index contributed by atoms with van der Waals surface area (Å²) in [5.74, 6) is 0. The Hall–Kier alpha value is -2.76. The van der Waals surface area contributed by atoms with Crippen LogP contribution in [0.3, 0.4) is 0 Å². The molecule has 3 rings (SSSR count). The molecule has 0 bridgehead atoms. The van der Waals surface area contributed by atoms with Gasteiger partial charge in [-0.15, -0.1) is 0 Å². The zero-order valence-electron chi connectivity index (χ0n) is 12.7. The van der Waals surface area contributed by atoms with Crippen LogP contribution in [0.15, 0.2) is 41.2 Å². The van der Waals surface area contributed by atoms with E-state index in [1.807, 2.05) is 30.3 Å². The number of aromatic nitrogens is 1. The number of ether oxygens (including phenoxy) is 1. The van der Waals surface area contributed by atoms with Crippen LogP contribution >= 0.6 is 0 Å². The number of H-pyrrole nitrogens is 1. The lowest BCUT2D eigenvalue weighted by Gasteiger charge is -2.19. The first-order chi connectivity index (χ1) is 11.1. The van der Waals surface area contributed by atoms with E-state index < -0.39 is 0 Å². The molecule has 0 atom stereocenters. The van der Waals surface area contributed by atoms with E-state index in [4.69, 9.17) is 10.5 Å². The van der Waals surface area contributed by atoms with E-state index in [9.17, 15) is 9.59 Å². The smallest absolute Gasteiger partial charge is 0.410 e. The average Bonchev–Trinajstić information content (AvgIpc) is 2.77. The maximum Gasteiger partial charge on any atom is 0.410 e. The third-order valence-corrected chi connectivity index (χ3v) is 3.99. The predicted molar refractivity (Wildman–Crippen MR) is 87.1 cm³/mol. The summed E-state index contributed by atoms with van der Waals surface area (Å²) in [7, 11) is 0. The third-order valence-electron chi connectivity index (χ3n) is 3.99. The Bertz CT molecular complexity index is 755. The number of hydrogen-bond acceptors (Lipinski definition) is 4. The van der Waals surface area contributed by atoms with Crippen molar-refractivity contribution < 1.29 is 9.53 Å². The summed E-state index contributed by atoms with van der Waals surface area (Å²) in [6.07, 6.45) is 0.902. The second kappa shape index (κ2) is 6.56. The van der Waals surface area contributed by atoms with E-state index in [2.05, 4.69) is 4.98 Å². The molecule has 6 nitrogen and oxygen atoms in total. The maximum atomic E-state index is 12.2. The molecule has 3 N–H and O–H groups in total. The number of hydrogen-bond donors (Lipinski definition) is 2. The highest BCUT2D eigenvalue weighted by atomic mass is 16.6. The number of carbonyl (C=O) groups is 1. The molecule has 1 aliphatic rings. The Morgan fingerprint density at radius 3 is 2.74 bits per heavy atom. The van der Waals surface area contributed by atoms with Gasteiger partial charge in [-0.25, -0.2) is 4.79 Å². The molecule has 0 saturated heterocycles. The van der Waals surface area contributed by atoms with E-state index in [0.717, 1.165) is 16.8 Å². The van der Waals surface area contributed by atoms with Crippen molar-refractivity contribution in [2.45, 2.75) is 19.4 Å². The van der Waals surface area contributed by atoms with Crippen LogP contribution < -0.4 is 11.3 Å². The van der Waals surface area contributed by atoms with Gasteiger partial charge in [0.2, 0.25) is 0 Å². The molecule has 1 aromatic carbocycles. The van der Waals surface area contributed by atoms with Gasteiger partial charge in [0.15, 0.2) is 0 Å². The summed E-state index contributed by atoms with van der Waals surface area (Å²) < 4.78 is 5.36. The van der Waals surface area contributed by atoms with E-state index in [1.165, 1.54) is 0 Å². The SMILES string of the molecule is Nc1cc2c([nH]c1=O)CCN(C(=O)OCc1ccccc1)CC2. The highest BCUT2D eigenvalue weighted by Gasteiger charge is 2.20. The standard InChI is InChI=1S/C17H19N3O3/c18-14-10-13-6-8-20(9-7-15(13)19-16(14)21)17(22)23-11-12-4-2-1-3-5-12/h1-5,10H,6-9,11,18H2,(H,19,21). The fourth-order valence-corrected chi connectivity index (χ4v) is 2.68. The van der Waals surface area contributed by atoms with Crippen LogP contribution in [0.2, 0.25) is 0 Å². The van der Waals surface area contributed by atoms with Crippen LogP contribution in [0.5, 0.6) is 0 Å². The van der Waals surface area contributed by atoms with Gasteiger partial charge in [-0.2, -0.15) is 0 Å². The van der Waals surface area contributed by atoms with Gasteiger partial charge in [0.1, 0.15) is 6.61 Å². The van der Waals surface area contributed by atoms with E-state index in [1.54, 1.807) is 11.0 Å². The van der Waals surface area contributed by atoms with Crippen LogP contribution in [-0.4, -0.2) is 29.1 Å². The molecule has 0 spiro atoms. The van der Waals surface area contributed by atoms with E-state index in [0.29, 0.717) is 25.9 Å². The molecule has 1 aromatic heterocycles. The Morgan fingerprint density at radius 1 is 1.22 bits per heavy atom. The first kappa shape index (κ1) is 15.1.